The highest BCUT2D eigenvalue weighted by atomic mass is 16.5. The van der Waals surface area contributed by atoms with Crippen molar-refractivity contribution in [2.24, 2.45) is 0 Å². The molecule has 1 aliphatic rings. The Morgan fingerprint density at radius 3 is 2.58 bits per heavy atom. The molecule has 2 heterocycles. The Morgan fingerprint density at radius 1 is 1.12 bits per heavy atom. The van der Waals surface area contributed by atoms with Crippen LogP contribution in [-0.4, -0.2) is 18.2 Å². The van der Waals surface area contributed by atoms with Gasteiger partial charge in [-0.15, -0.1) is 0 Å². The number of furan rings is 1. The van der Waals surface area contributed by atoms with Crippen LogP contribution in [0.25, 0.3) is 0 Å². The van der Waals surface area contributed by atoms with Crippen molar-refractivity contribution < 1.29 is 9.15 Å². The molecule has 1 saturated heterocycles. The fraction of sp³-hybridized carbons (Fsp3) is 0.524. The molecule has 1 aromatic heterocycles. The van der Waals surface area contributed by atoms with Gasteiger partial charge in [0, 0.05) is 18.1 Å². The molecule has 3 heteroatoms. The SMILES string of the molecule is C[C@@H](C[C@@]1(c2ccccc2)CCOC(C)(C)C1)NCc1ccco1. The molecule has 2 atom stereocenters. The molecule has 0 bridgehead atoms. The second kappa shape index (κ2) is 7.12. The molecule has 0 aliphatic carbocycles. The molecule has 1 aliphatic heterocycles. The Labute approximate surface area is 145 Å². The predicted molar refractivity (Wildman–Crippen MR) is 97.0 cm³/mol. The van der Waals surface area contributed by atoms with Crippen molar-refractivity contribution in [2.45, 2.75) is 63.6 Å². The van der Waals surface area contributed by atoms with E-state index in [1.54, 1.807) is 6.26 Å². The number of hydrogen-bond donors (Lipinski definition) is 1. The standard InChI is InChI=1S/C21H29NO2/c1-17(22-15-19-10-7-12-23-19)14-21(18-8-5-4-6-9-18)11-13-24-20(2,3)16-21/h4-10,12,17,22H,11,13-16H2,1-3H3/t17-,21-/m0/s1. The summed E-state index contributed by atoms with van der Waals surface area (Å²) in [6, 6.07) is 15.3. The summed E-state index contributed by atoms with van der Waals surface area (Å²) in [5.74, 6) is 0.989. The molecule has 2 aromatic rings. The normalized spacial score (nSPS) is 24.6. The maximum atomic E-state index is 6.01. The van der Waals surface area contributed by atoms with E-state index in [2.05, 4.69) is 56.4 Å². The lowest BCUT2D eigenvalue weighted by Crippen LogP contribution is -2.47. The molecule has 1 fully saturated rings. The highest BCUT2D eigenvalue weighted by molar-refractivity contribution is 5.27. The van der Waals surface area contributed by atoms with Crippen molar-refractivity contribution in [1.82, 2.24) is 5.32 Å². The number of ether oxygens (including phenoxy) is 1. The Balaban J connectivity index is 1.75. The van der Waals surface area contributed by atoms with E-state index in [4.69, 9.17) is 9.15 Å². The number of nitrogens with one attached hydrogen (secondary N) is 1. The molecule has 1 N–H and O–H groups in total. The third-order valence-electron chi connectivity index (χ3n) is 5.13. The minimum absolute atomic E-state index is 0.0746. The molecule has 3 nitrogen and oxygen atoms in total. The lowest BCUT2D eigenvalue weighted by atomic mass is 9.66. The lowest BCUT2D eigenvalue weighted by Gasteiger charge is -2.46. The van der Waals surface area contributed by atoms with Crippen LogP contribution in [0, 0.1) is 0 Å². The van der Waals surface area contributed by atoms with Crippen LogP contribution in [0.15, 0.2) is 53.1 Å². The largest absolute Gasteiger partial charge is 0.468 e. The van der Waals surface area contributed by atoms with E-state index in [9.17, 15) is 0 Å². The average Bonchev–Trinajstić information content (AvgIpc) is 3.06. The molecule has 0 saturated carbocycles. The first kappa shape index (κ1) is 17.2. The first-order valence-electron chi connectivity index (χ1n) is 8.94. The molecule has 3 rings (SSSR count). The third-order valence-corrected chi connectivity index (χ3v) is 5.13. The van der Waals surface area contributed by atoms with Crippen molar-refractivity contribution in [3.05, 3.63) is 60.1 Å². The summed E-state index contributed by atoms with van der Waals surface area (Å²) in [4.78, 5) is 0. The summed E-state index contributed by atoms with van der Waals surface area (Å²) < 4.78 is 11.4. The second-order valence-corrected chi connectivity index (χ2v) is 7.75. The van der Waals surface area contributed by atoms with Gasteiger partial charge in [0.1, 0.15) is 5.76 Å². The smallest absolute Gasteiger partial charge is 0.117 e. The van der Waals surface area contributed by atoms with Gasteiger partial charge in [-0.3, -0.25) is 0 Å². The van der Waals surface area contributed by atoms with Gasteiger partial charge < -0.3 is 14.5 Å². The van der Waals surface area contributed by atoms with Gasteiger partial charge in [0.05, 0.1) is 18.4 Å². The minimum atomic E-state index is -0.0746. The highest BCUT2D eigenvalue weighted by Crippen LogP contribution is 2.44. The van der Waals surface area contributed by atoms with Gasteiger partial charge in [-0.1, -0.05) is 30.3 Å². The maximum absolute atomic E-state index is 6.01. The summed E-state index contributed by atoms with van der Waals surface area (Å²) in [7, 11) is 0. The van der Waals surface area contributed by atoms with E-state index >= 15 is 0 Å². The average molecular weight is 327 g/mol. The van der Waals surface area contributed by atoms with Crippen molar-refractivity contribution in [1.29, 1.82) is 0 Å². The molecule has 130 valence electrons. The fourth-order valence-corrected chi connectivity index (χ4v) is 4.15. The molecule has 0 spiro atoms. The van der Waals surface area contributed by atoms with Crippen molar-refractivity contribution in [3.8, 4) is 0 Å². The van der Waals surface area contributed by atoms with Gasteiger partial charge in [0.2, 0.25) is 0 Å². The van der Waals surface area contributed by atoms with Crippen LogP contribution in [0.1, 0.15) is 51.4 Å². The van der Waals surface area contributed by atoms with E-state index in [0.717, 1.165) is 38.2 Å². The molecule has 0 radical (unpaired) electrons. The number of hydrogen-bond acceptors (Lipinski definition) is 3. The Bertz CT molecular complexity index is 621. The monoisotopic (exact) mass is 327 g/mol. The van der Waals surface area contributed by atoms with E-state index < -0.39 is 0 Å². The zero-order chi connectivity index (χ0) is 17.0. The minimum Gasteiger partial charge on any atom is -0.468 e. The molecular formula is C21H29NO2. The Kier molecular flexibility index (Phi) is 5.12. The lowest BCUT2D eigenvalue weighted by molar-refractivity contribution is -0.0855. The van der Waals surface area contributed by atoms with Crippen LogP contribution in [-0.2, 0) is 16.7 Å². The van der Waals surface area contributed by atoms with Gasteiger partial charge in [-0.25, -0.2) is 0 Å². The van der Waals surface area contributed by atoms with Gasteiger partial charge in [0.25, 0.3) is 0 Å². The Morgan fingerprint density at radius 2 is 1.92 bits per heavy atom. The topological polar surface area (TPSA) is 34.4 Å². The van der Waals surface area contributed by atoms with Crippen molar-refractivity contribution in [3.63, 3.8) is 0 Å². The van der Waals surface area contributed by atoms with Gasteiger partial charge in [-0.2, -0.15) is 0 Å². The number of benzene rings is 1. The summed E-state index contributed by atoms with van der Waals surface area (Å²) in [5, 5.41) is 3.62. The van der Waals surface area contributed by atoms with Crippen LogP contribution < -0.4 is 5.32 Å². The zero-order valence-electron chi connectivity index (χ0n) is 15.0. The maximum Gasteiger partial charge on any atom is 0.117 e. The highest BCUT2D eigenvalue weighted by Gasteiger charge is 2.42. The van der Waals surface area contributed by atoms with Crippen LogP contribution in [0.5, 0.6) is 0 Å². The van der Waals surface area contributed by atoms with Crippen LogP contribution in [0.4, 0.5) is 0 Å². The van der Waals surface area contributed by atoms with Gasteiger partial charge in [0.15, 0.2) is 0 Å². The molecule has 0 amide bonds. The van der Waals surface area contributed by atoms with E-state index in [1.165, 1.54) is 5.56 Å². The van der Waals surface area contributed by atoms with Gasteiger partial charge in [-0.05, 0) is 57.7 Å². The van der Waals surface area contributed by atoms with Crippen molar-refractivity contribution in [2.75, 3.05) is 6.61 Å². The molecule has 1 aromatic carbocycles. The van der Waals surface area contributed by atoms with Gasteiger partial charge >= 0.3 is 0 Å². The van der Waals surface area contributed by atoms with E-state index in [1.807, 2.05) is 12.1 Å². The first-order chi connectivity index (χ1) is 11.5. The Hall–Kier alpha value is -1.58. The predicted octanol–water partition coefficient (Wildman–Crippen LogP) is 4.67. The summed E-state index contributed by atoms with van der Waals surface area (Å²) in [5.41, 5.74) is 1.53. The molecular weight excluding hydrogens is 298 g/mol. The summed E-state index contributed by atoms with van der Waals surface area (Å²) in [6.45, 7) is 8.30. The van der Waals surface area contributed by atoms with Crippen molar-refractivity contribution >= 4 is 0 Å². The fourth-order valence-electron chi connectivity index (χ4n) is 4.15. The van der Waals surface area contributed by atoms with E-state index in [-0.39, 0.29) is 11.0 Å². The van der Waals surface area contributed by atoms with E-state index in [0.29, 0.717) is 6.04 Å². The molecule has 24 heavy (non-hydrogen) atoms. The van der Waals surface area contributed by atoms with Crippen LogP contribution in [0.2, 0.25) is 0 Å². The first-order valence-corrected chi connectivity index (χ1v) is 8.94. The summed E-state index contributed by atoms with van der Waals surface area (Å²) >= 11 is 0. The van der Waals surface area contributed by atoms with Crippen LogP contribution in [0.3, 0.4) is 0 Å². The zero-order valence-corrected chi connectivity index (χ0v) is 15.0. The number of rotatable bonds is 6. The summed E-state index contributed by atoms with van der Waals surface area (Å²) in [6.07, 6.45) is 4.96. The second-order valence-electron chi connectivity index (χ2n) is 7.75. The quantitative estimate of drug-likeness (QED) is 0.837. The third kappa shape index (κ3) is 4.08. The molecule has 0 unspecified atom stereocenters. The van der Waals surface area contributed by atoms with Crippen LogP contribution >= 0.6 is 0 Å².